The zero-order chi connectivity index (χ0) is 24.1. The van der Waals surface area contributed by atoms with E-state index in [-0.39, 0.29) is 23.0 Å². The van der Waals surface area contributed by atoms with Crippen LogP contribution in [0.4, 0.5) is 13.2 Å². The second-order valence-electron chi connectivity index (χ2n) is 9.63. The molecule has 2 heterocycles. The fraction of sp³-hybridized carbons (Fsp3) is 0.462. The number of aromatic carboxylic acids is 1. The Hall–Kier alpha value is -2.87. The monoisotopic (exact) mass is 473 g/mol. The van der Waals surface area contributed by atoms with Gasteiger partial charge in [0, 0.05) is 19.7 Å². The van der Waals surface area contributed by atoms with Gasteiger partial charge in [-0.2, -0.15) is 13.2 Å². The second-order valence-corrected chi connectivity index (χ2v) is 9.63. The molecular formula is C26H26F3NO4. The van der Waals surface area contributed by atoms with E-state index in [4.69, 9.17) is 9.84 Å². The summed E-state index contributed by atoms with van der Waals surface area (Å²) in [6.07, 6.45) is -0.350. The van der Waals surface area contributed by atoms with Crippen molar-refractivity contribution >= 4 is 11.9 Å². The molecule has 0 bridgehead atoms. The fourth-order valence-electron chi connectivity index (χ4n) is 5.58. The number of rotatable bonds is 4. The minimum absolute atomic E-state index is 0.0319. The molecule has 5 nitrogen and oxygen atoms in total. The number of carbonyl (C=O) groups is 2. The number of piperidine rings is 1. The first kappa shape index (κ1) is 22.9. The molecule has 34 heavy (non-hydrogen) atoms. The van der Waals surface area contributed by atoms with Crippen LogP contribution >= 0.6 is 0 Å². The summed E-state index contributed by atoms with van der Waals surface area (Å²) in [5.41, 5.74) is 0.284. The van der Waals surface area contributed by atoms with Crippen molar-refractivity contribution < 1.29 is 32.6 Å². The number of likely N-dealkylation sites (tertiary alicyclic amines) is 1. The molecule has 2 aromatic rings. The number of hydrogen-bond acceptors (Lipinski definition) is 3. The Morgan fingerprint density at radius 3 is 2.35 bits per heavy atom. The van der Waals surface area contributed by atoms with E-state index in [2.05, 4.69) is 0 Å². The van der Waals surface area contributed by atoms with Gasteiger partial charge in [0.1, 0.15) is 6.10 Å². The van der Waals surface area contributed by atoms with Crippen LogP contribution < -0.4 is 0 Å². The molecule has 1 unspecified atom stereocenters. The number of benzene rings is 2. The van der Waals surface area contributed by atoms with Crippen LogP contribution in [0.2, 0.25) is 0 Å². The average molecular weight is 473 g/mol. The van der Waals surface area contributed by atoms with E-state index >= 15 is 0 Å². The Bertz CT molecular complexity index is 1100. The average Bonchev–Trinajstić information content (AvgIpc) is 3.24. The maximum Gasteiger partial charge on any atom is 0.417 e. The van der Waals surface area contributed by atoms with Crippen molar-refractivity contribution in [1.82, 2.24) is 4.90 Å². The molecule has 3 aliphatic rings. The molecule has 0 aromatic heterocycles. The molecule has 1 amide bonds. The van der Waals surface area contributed by atoms with Gasteiger partial charge in [-0.15, -0.1) is 0 Å². The van der Waals surface area contributed by atoms with Gasteiger partial charge in [0.15, 0.2) is 0 Å². The molecule has 0 radical (unpaired) electrons. The Balaban J connectivity index is 1.28. The van der Waals surface area contributed by atoms with Gasteiger partial charge in [0.05, 0.1) is 11.1 Å². The maximum absolute atomic E-state index is 13.6. The number of halogens is 3. The molecule has 2 atom stereocenters. The predicted octanol–water partition coefficient (Wildman–Crippen LogP) is 5.35. The van der Waals surface area contributed by atoms with Gasteiger partial charge in [-0.1, -0.05) is 30.3 Å². The lowest BCUT2D eigenvalue weighted by atomic mass is 9.88. The number of carbonyl (C=O) groups excluding carboxylic acids is 1. The zero-order valence-electron chi connectivity index (χ0n) is 18.6. The van der Waals surface area contributed by atoms with Gasteiger partial charge in [-0.05, 0) is 72.3 Å². The van der Waals surface area contributed by atoms with E-state index in [1.807, 2.05) is 17.0 Å². The highest BCUT2D eigenvalue weighted by Crippen LogP contribution is 2.65. The normalized spacial score (nSPS) is 23.8. The molecule has 1 saturated carbocycles. The van der Waals surface area contributed by atoms with Crippen LogP contribution in [0.1, 0.15) is 59.5 Å². The second kappa shape index (κ2) is 8.41. The lowest BCUT2D eigenvalue weighted by Gasteiger charge is -2.34. The van der Waals surface area contributed by atoms with Gasteiger partial charge in [-0.25, -0.2) is 4.79 Å². The van der Waals surface area contributed by atoms with Crippen LogP contribution in [0.3, 0.4) is 0 Å². The van der Waals surface area contributed by atoms with E-state index in [1.54, 1.807) is 12.1 Å². The van der Waals surface area contributed by atoms with Crippen molar-refractivity contribution in [1.29, 1.82) is 0 Å². The van der Waals surface area contributed by atoms with Gasteiger partial charge >= 0.3 is 12.1 Å². The van der Waals surface area contributed by atoms with Crippen LogP contribution in [0.25, 0.3) is 11.1 Å². The Morgan fingerprint density at radius 1 is 1.06 bits per heavy atom. The fourth-order valence-corrected chi connectivity index (χ4v) is 5.58. The third kappa shape index (κ3) is 4.19. The number of nitrogens with zero attached hydrogens (tertiary/aromatic N) is 1. The largest absolute Gasteiger partial charge is 0.478 e. The predicted molar refractivity (Wildman–Crippen MR) is 118 cm³/mol. The number of ether oxygens (including phenoxy) is 1. The molecule has 5 rings (SSSR count). The summed E-state index contributed by atoms with van der Waals surface area (Å²) in [5.74, 6) is -0.948. The molecule has 3 fully saturated rings. The number of carboxylic acids is 1. The van der Waals surface area contributed by atoms with E-state index in [0.29, 0.717) is 24.2 Å². The molecule has 1 N–H and O–H groups in total. The first-order chi connectivity index (χ1) is 16.2. The Kier molecular flexibility index (Phi) is 5.67. The summed E-state index contributed by atoms with van der Waals surface area (Å²) in [7, 11) is 0. The van der Waals surface area contributed by atoms with Crippen LogP contribution in [-0.2, 0) is 15.7 Å². The highest BCUT2D eigenvalue weighted by atomic mass is 19.4. The molecule has 180 valence electrons. The molecule has 2 aromatic carbocycles. The summed E-state index contributed by atoms with van der Waals surface area (Å²) >= 11 is 0. The van der Waals surface area contributed by atoms with Crippen LogP contribution in [0.15, 0.2) is 42.5 Å². The quantitative estimate of drug-likeness (QED) is 0.651. The van der Waals surface area contributed by atoms with Crippen molar-refractivity contribution in [2.24, 2.45) is 5.41 Å². The molecule has 1 aliphatic carbocycles. The summed E-state index contributed by atoms with van der Waals surface area (Å²) in [4.78, 5) is 25.6. The Labute approximate surface area is 195 Å². The number of hydrogen-bond donors (Lipinski definition) is 1. The molecule has 1 spiro atoms. The molecule has 8 heteroatoms. The molecule has 2 aliphatic heterocycles. The third-order valence-corrected chi connectivity index (χ3v) is 7.66. The number of amides is 1. The zero-order valence-corrected chi connectivity index (χ0v) is 18.6. The topological polar surface area (TPSA) is 66.8 Å². The lowest BCUT2D eigenvalue weighted by molar-refractivity contribution is -0.142. The van der Waals surface area contributed by atoms with Gasteiger partial charge < -0.3 is 14.7 Å². The standard InChI is InChI=1S/C26H26F3NO4/c27-26(28,29)20-14-18(24(32)33)7-8-19(20)16-3-5-17(6-4-16)21-15-25(21)9-11-30(12-10-25)23(31)22-2-1-13-34-22/h3-8,14,21-22H,1-2,9-13,15H2,(H,32,33)/t21-,22?/m1/s1. The minimum Gasteiger partial charge on any atom is -0.478 e. The van der Waals surface area contributed by atoms with Crippen molar-refractivity contribution in [2.75, 3.05) is 19.7 Å². The van der Waals surface area contributed by atoms with Crippen molar-refractivity contribution in [3.05, 3.63) is 59.2 Å². The van der Waals surface area contributed by atoms with Crippen LogP contribution in [-0.4, -0.2) is 47.7 Å². The third-order valence-electron chi connectivity index (χ3n) is 7.66. The first-order valence-electron chi connectivity index (χ1n) is 11.6. The van der Waals surface area contributed by atoms with Gasteiger partial charge in [-0.3, -0.25) is 4.79 Å². The summed E-state index contributed by atoms with van der Waals surface area (Å²) in [6, 6.07) is 10.2. The number of carboxylic acid groups (broad SMARTS) is 1. The highest BCUT2D eigenvalue weighted by Gasteiger charge is 2.55. The first-order valence-corrected chi connectivity index (χ1v) is 11.6. The van der Waals surface area contributed by atoms with Crippen LogP contribution in [0.5, 0.6) is 0 Å². The van der Waals surface area contributed by atoms with E-state index in [9.17, 15) is 22.8 Å². The smallest absolute Gasteiger partial charge is 0.417 e. The lowest BCUT2D eigenvalue weighted by Crippen LogP contribution is -2.44. The molecule has 2 saturated heterocycles. The Morgan fingerprint density at radius 2 is 1.76 bits per heavy atom. The molecular weight excluding hydrogens is 447 g/mol. The SMILES string of the molecule is O=C(O)c1ccc(-c2ccc([C@H]3CC34CCN(C(=O)C3CCCO3)CC4)cc2)c(C(F)(F)F)c1. The summed E-state index contributed by atoms with van der Waals surface area (Å²) in [5, 5.41) is 9.07. The maximum atomic E-state index is 13.6. The minimum atomic E-state index is -4.66. The number of alkyl halides is 3. The van der Waals surface area contributed by atoms with Crippen molar-refractivity contribution in [2.45, 2.75) is 50.3 Å². The van der Waals surface area contributed by atoms with E-state index in [1.165, 1.54) is 12.1 Å². The van der Waals surface area contributed by atoms with Gasteiger partial charge in [0.25, 0.3) is 5.91 Å². The summed E-state index contributed by atoms with van der Waals surface area (Å²) in [6.45, 7) is 2.09. The van der Waals surface area contributed by atoms with Crippen molar-refractivity contribution in [3.63, 3.8) is 0 Å². The highest BCUT2D eigenvalue weighted by molar-refractivity contribution is 5.89. The van der Waals surface area contributed by atoms with Crippen LogP contribution in [0, 0.1) is 5.41 Å². The van der Waals surface area contributed by atoms with E-state index in [0.717, 1.165) is 50.8 Å². The summed E-state index contributed by atoms with van der Waals surface area (Å²) < 4.78 is 46.3. The van der Waals surface area contributed by atoms with E-state index < -0.39 is 23.3 Å². The van der Waals surface area contributed by atoms with Gasteiger partial charge in [0.2, 0.25) is 0 Å². The van der Waals surface area contributed by atoms with Crippen molar-refractivity contribution in [3.8, 4) is 11.1 Å².